The summed E-state index contributed by atoms with van der Waals surface area (Å²) in [5.74, 6) is -1.04. The van der Waals surface area contributed by atoms with Crippen molar-refractivity contribution < 1.29 is 74.7 Å². The fourth-order valence-corrected chi connectivity index (χ4v) is 5.15. The molecular weight excluding hydrogens is 564 g/mol. The lowest BCUT2D eigenvalue weighted by atomic mass is 9.94. The maximum Gasteiger partial charge on any atom is 0.229 e. The maximum absolute atomic E-state index is 10.6. The molecule has 0 aliphatic carbocycles. The number of fused-ring (bicyclic) bond motifs is 1. The van der Waals surface area contributed by atoms with Crippen LogP contribution in [0.25, 0.3) is 0 Å². The molecule has 15 heteroatoms. The number of aliphatic hydroxyl groups is 7. The monoisotopic (exact) mass is 598 g/mol. The number of benzene rings is 2. The van der Waals surface area contributed by atoms with Crippen LogP contribution < -0.4 is 9.47 Å². The molecule has 12 unspecified atom stereocenters. The average molecular weight is 599 g/mol. The second kappa shape index (κ2) is 12.0. The van der Waals surface area contributed by atoms with Crippen molar-refractivity contribution in [2.24, 2.45) is 0 Å². The number of aromatic hydroxyl groups is 3. The van der Waals surface area contributed by atoms with Crippen LogP contribution in [0, 0.1) is 0 Å². The molecule has 0 aromatic heterocycles. The topological polar surface area (TPSA) is 248 Å². The van der Waals surface area contributed by atoms with E-state index in [0.29, 0.717) is 5.56 Å². The number of hydrogen-bond donors (Lipinski definition) is 10. The van der Waals surface area contributed by atoms with Crippen LogP contribution in [0.3, 0.4) is 0 Å². The molecule has 15 nitrogen and oxygen atoms in total. The molecule has 42 heavy (non-hydrogen) atoms. The molecule has 2 aromatic carbocycles. The van der Waals surface area contributed by atoms with Crippen molar-refractivity contribution in [3.8, 4) is 28.7 Å². The van der Waals surface area contributed by atoms with E-state index in [1.165, 1.54) is 37.3 Å². The normalized spacial score (nSPS) is 38.4. The number of hydrogen-bond acceptors (Lipinski definition) is 15. The molecule has 10 N–H and O–H groups in total. The van der Waals surface area contributed by atoms with Crippen LogP contribution in [0.1, 0.15) is 24.2 Å². The minimum Gasteiger partial charge on any atom is -0.507 e. The Morgan fingerprint density at radius 1 is 0.738 bits per heavy atom. The summed E-state index contributed by atoms with van der Waals surface area (Å²) in [6.07, 6.45) is -17.0. The largest absolute Gasteiger partial charge is 0.507 e. The predicted molar refractivity (Wildman–Crippen MR) is 137 cm³/mol. The lowest BCUT2D eigenvalue weighted by Crippen LogP contribution is -2.61. The lowest BCUT2D eigenvalue weighted by molar-refractivity contribution is -0.318. The Morgan fingerprint density at radius 3 is 2.14 bits per heavy atom. The highest BCUT2D eigenvalue weighted by Crippen LogP contribution is 2.43. The van der Waals surface area contributed by atoms with Crippen molar-refractivity contribution in [1.29, 1.82) is 0 Å². The van der Waals surface area contributed by atoms with Crippen LogP contribution in [0.2, 0.25) is 0 Å². The number of aliphatic hydroxyl groups excluding tert-OH is 7. The molecule has 3 heterocycles. The Bertz CT molecular complexity index is 1260. The molecule has 2 saturated heterocycles. The first-order valence-electron chi connectivity index (χ1n) is 13.3. The first-order chi connectivity index (χ1) is 19.8. The van der Waals surface area contributed by atoms with Gasteiger partial charge in [0.05, 0.1) is 18.8 Å². The van der Waals surface area contributed by atoms with Crippen molar-refractivity contribution >= 4 is 0 Å². The van der Waals surface area contributed by atoms with Gasteiger partial charge in [0.15, 0.2) is 17.8 Å². The summed E-state index contributed by atoms with van der Waals surface area (Å²) in [5.41, 5.74) is 0.609. The minimum absolute atomic E-state index is 0.0277. The summed E-state index contributed by atoms with van der Waals surface area (Å²) in [6.45, 7) is 0.973. The van der Waals surface area contributed by atoms with Crippen molar-refractivity contribution in [2.45, 2.75) is 87.0 Å². The van der Waals surface area contributed by atoms with Gasteiger partial charge < -0.3 is 74.7 Å². The van der Waals surface area contributed by atoms with Crippen LogP contribution in [0.4, 0.5) is 0 Å². The SMILES string of the molecule is CC1OC(OCC2OC(Oc3cc(O)c4c(c3)OC(c3ccc(O)c(O)c3)C(O)C4)C(O)C(O)C2O)C(O)C(O)C1O. The van der Waals surface area contributed by atoms with Gasteiger partial charge in [0.25, 0.3) is 0 Å². The number of phenols is 3. The van der Waals surface area contributed by atoms with E-state index in [2.05, 4.69) is 0 Å². The van der Waals surface area contributed by atoms with Gasteiger partial charge in [-0.2, -0.15) is 0 Å². The van der Waals surface area contributed by atoms with Gasteiger partial charge >= 0.3 is 0 Å². The summed E-state index contributed by atoms with van der Waals surface area (Å²) < 4.78 is 28.0. The van der Waals surface area contributed by atoms with Crippen LogP contribution in [0.5, 0.6) is 28.7 Å². The molecule has 232 valence electrons. The third kappa shape index (κ3) is 5.80. The first-order valence-corrected chi connectivity index (χ1v) is 13.3. The van der Waals surface area contributed by atoms with E-state index < -0.39 is 86.0 Å². The summed E-state index contributed by atoms with van der Waals surface area (Å²) in [5, 5.41) is 102. The Morgan fingerprint density at radius 2 is 1.43 bits per heavy atom. The molecule has 0 spiro atoms. The molecule has 12 atom stereocenters. The standard InChI is InChI=1S/C27H34O15/c1-9-19(32)21(34)23(36)26(39-9)38-8-18-20(33)22(35)24(37)27(42-18)40-11-5-14(29)12-7-16(31)25(41-17(12)6-11)10-2-3-13(28)15(30)4-10/h2-6,9,16,18-37H,7-8H2,1H3. The minimum atomic E-state index is -1.76. The van der Waals surface area contributed by atoms with Crippen molar-refractivity contribution in [2.75, 3.05) is 6.61 Å². The summed E-state index contributed by atoms with van der Waals surface area (Å²) >= 11 is 0. The van der Waals surface area contributed by atoms with Gasteiger partial charge in [0, 0.05) is 24.1 Å². The van der Waals surface area contributed by atoms with Crippen LogP contribution in [-0.4, -0.2) is 125 Å². The van der Waals surface area contributed by atoms with Gasteiger partial charge in [-0.3, -0.25) is 0 Å². The molecule has 0 saturated carbocycles. The average Bonchev–Trinajstić information content (AvgIpc) is 2.95. The van der Waals surface area contributed by atoms with Crippen molar-refractivity contribution in [3.05, 3.63) is 41.5 Å². The van der Waals surface area contributed by atoms with E-state index >= 15 is 0 Å². The Kier molecular flexibility index (Phi) is 8.69. The fourth-order valence-electron chi connectivity index (χ4n) is 5.15. The molecule has 0 radical (unpaired) electrons. The molecule has 0 amide bonds. The zero-order chi connectivity index (χ0) is 30.5. The summed E-state index contributed by atoms with van der Waals surface area (Å²) in [6, 6.07) is 6.46. The zero-order valence-electron chi connectivity index (χ0n) is 22.2. The van der Waals surface area contributed by atoms with E-state index in [9.17, 15) is 51.1 Å². The highest BCUT2D eigenvalue weighted by Gasteiger charge is 2.47. The van der Waals surface area contributed by atoms with E-state index in [-0.39, 0.29) is 35.0 Å². The summed E-state index contributed by atoms with van der Waals surface area (Å²) in [7, 11) is 0. The van der Waals surface area contributed by atoms with Crippen molar-refractivity contribution in [1.82, 2.24) is 0 Å². The van der Waals surface area contributed by atoms with Gasteiger partial charge in [0.2, 0.25) is 6.29 Å². The zero-order valence-corrected chi connectivity index (χ0v) is 22.2. The molecule has 2 fully saturated rings. The lowest BCUT2D eigenvalue weighted by Gasteiger charge is -2.42. The third-order valence-corrected chi connectivity index (χ3v) is 7.66. The van der Waals surface area contributed by atoms with Crippen LogP contribution in [0.15, 0.2) is 30.3 Å². The smallest absolute Gasteiger partial charge is 0.229 e. The van der Waals surface area contributed by atoms with Gasteiger partial charge in [-0.25, -0.2) is 0 Å². The third-order valence-electron chi connectivity index (χ3n) is 7.66. The Hall–Kier alpha value is -2.96. The van der Waals surface area contributed by atoms with Crippen molar-refractivity contribution in [3.63, 3.8) is 0 Å². The maximum atomic E-state index is 10.6. The Balaban J connectivity index is 1.30. The first kappa shape index (κ1) is 30.5. The van der Waals surface area contributed by atoms with Gasteiger partial charge in [-0.15, -0.1) is 0 Å². The highest BCUT2D eigenvalue weighted by molar-refractivity contribution is 5.52. The molecule has 3 aliphatic rings. The molecule has 3 aliphatic heterocycles. The fraction of sp³-hybridized carbons (Fsp3) is 0.556. The van der Waals surface area contributed by atoms with Gasteiger partial charge in [-0.1, -0.05) is 6.07 Å². The number of phenolic OH excluding ortho intramolecular Hbond substituents is 3. The predicted octanol–water partition coefficient (Wildman–Crippen LogP) is -2.13. The van der Waals surface area contributed by atoms with Gasteiger partial charge in [0.1, 0.15) is 66.1 Å². The number of rotatable bonds is 6. The number of ether oxygens (including phenoxy) is 5. The van der Waals surface area contributed by atoms with Gasteiger partial charge in [-0.05, 0) is 24.6 Å². The molecule has 5 rings (SSSR count). The second-order valence-electron chi connectivity index (χ2n) is 10.6. The highest BCUT2D eigenvalue weighted by atomic mass is 16.7. The van der Waals surface area contributed by atoms with E-state index in [0.717, 1.165) is 0 Å². The van der Waals surface area contributed by atoms with Crippen LogP contribution >= 0.6 is 0 Å². The van der Waals surface area contributed by atoms with E-state index in [4.69, 9.17) is 23.7 Å². The van der Waals surface area contributed by atoms with Crippen LogP contribution in [-0.2, 0) is 20.6 Å². The molecule has 2 aromatic rings. The quantitative estimate of drug-likeness (QED) is 0.160. The molecule has 0 bridgehead atoms. The Labute approximate surface area is 238 Å². The second-order valence-corrected chi connectivity index (χ2v) is 10.6. The van der Waals surface area contributed by atoms with E-state index in [1.54, 1.807) is 0 Å². The van der Waals surface area contributed by atoms with E-state index in [1.807, 2.05) is 0 Å². The molecular formula is C27H34O15. The summed E-state index contributed by atoms with van der Waals surface area (Å²) in [4.78, 5) is 0.